The number of rotatable bonds is 5. The lowest BCUT2D eigenvalue weighted by atomic mass is 9.83. The van der Waals surface area contributed by atoms with Crippen molar-refractivity contribution in [3.8, 4) is 28.5 Å². The second-order valence-corrected chi connectivity index (χ2v) is 7.87. The molecule has 1 aliphatic carbocycles. The number of methoxy groups -OCH3 is 1. The lowest BCUT2D eigenvalue weighted by molar-refractivity contribution is 0.406. The summed E-state index contributed by atoms with van der Waals surface area (Å²) in [5, 5.41) is 4.34. The van der Waals surface area contributed by atoms with Crippen LogP contribution in [0.2, 0.25) is 0 Å². The van der Waals surface area contributed by atoms with Gasteiger partial charge in [-0.1, -0.05) is 37.5 Å². The second kappa shape index (κ2) is 8.53. The van der Waals surface area contributed by atoms with Crippen LogP contribution < -0.4 is 9.47 Å². The smallest absolute Gasteiger partial charge is 0.255 e. The first-order valence-corrected chi connectivity index (χ1v) is 10.7. The number of halogens is 2. The summed E-state index contributed by atoms with van der Waals surface area (Å²) in [5.41, 5.74) is 0.722. The summed E-state index contributed by atoms with van der Waals surface area (Å²) in [7, 11) is 1.37. The summed E-state index contributed by atoms with van der Waals surface area (Å²) in [5.74, 6) is -0.423. The minimum Gasteiger partial charge on any atom is -0.497 e. The van der Waals surface area contributed by atoms with Gasteiger partial charge in [0, 0.05) is 18.1 Å². The second-order valence-electron chi connectivity index (χ2n) is 7.87. The topological polar surface area (TPSA) is 61.5 Å². The van der Waals surface area contributed by atoms with E-state index in [0.717, 1.165) is 32.1 Å². The number of hydrogen-bond donors (Lipinski definition) is 0. The van der Waals surface area contributed by atoms with Crippen LogP contribution in [-0.2, 0) is 0 Å². The zero-order valence-electron chi connectivity index (χ0n) is 17.6. The van der Waals surface area contributed by atoms with Crippen molar-refractivity contribution in [2.45, 2.75) is 38.0 Å². The van der Waals surface area contributed by atoms with Crippen LogP contribution >= 0.6 is 0 Å². The highest BCUT2D eigenvalue weighted by molar-refractivity contribution is 5.75. The largest absolute Gasteiger partial charge is 0.497 e. The molecule has 2 heterocycles. The van der Waals surface area contributed by atoms with E-state index in [0.29, 0.717) is 17.2 Å². The van der Waals surface area contributed by atoms with Crippen molar-refractivity contribution < 1.29 is 18.3 Å². The first kappa shape index (κ1) is 20.4. The van der Waals surface area contributed by atoms with Gasteiger partial charge < -0.3 is 9.47 Å². The number of aromatic nitrogens is 4. The number of para-hydroxylation sites is 1. The fourth-order valence-corrected chi connectivity index (χ4v) is 4.41. The number of nitrogens with zero attached hydrogens (tertiary/aromatic N) is 4. The van der Waals surface area contributed by atoms with Crippen molar-refractivity contribution in [3.05, 3.63) is 66.1 Å². The van der Waals surface area contributed by atoms with Crippen LogP contribution in [0, 0.1) is 11.6 Å². The van der Waals surface area contributed by atoms with Crippen LogP contribution in [0.15, 0.2) is 48.8 Å². The van der Waals surface area contributed by atoms with E-state index in [1.54, 1.807) is 16.6 Å². The number of ether oxygens (including phenoxy) is 2. The molecule has 0 spiro atoms. The summed E-state index contributed by atoms with van der Waals surface area (Å²) in [6.45, 7) is 0. The molecular weight excluding hydrogens is 414 g/mol. The fourth-order valence-electron chi connectivity index (χ4n) is 4.41. The highest BCUT2D eigenvalue weighted by Gasteiger charge is 2.31. The average molecular weight is 436 g/mol. The van der Waals surface area contributed by atoms with Crippen LogP contribution in [0.3, 0.4) is 0 Å². The summed E-state index contributed by atoms with van der Waals surface area (Å²) in [6.07, 6.45) is 6.37. The van der Waals surface area contributed by atoms with Crippen molar-refractivity contribution in [1.82, 2.24) is 19.6 Å². The third kappa shape index (κ3) is 3.66. The van der Waals surface area contributed by atoms with Crippen LogP contribution in [0.1, 0.15) is 43.7 Å². The summed E-state index contributed by atoms with van der Waals surface area (Å²) in [6, 6.07) is 11.4. The Bertz CT molecular complexity index is 1230. The van der Waals surface area contributed by atoms with Gasteiger partial charge in [-0.25, -0.2) is 13.3 Å². The predicted molar refractivity (Wildman–Crippen MR) is 115 cm³/mol. The first-order valence-electron chi connectivity index (χ1n) is 10.7. The quantitative estimate of drug-likeness (QED) is 0.389. The Labute approximate surface area is 183 Å². The van der Waals surface area contributed by atoms with Crippen LogP contribution in [0.4, 0.5) is 8.78 Å². The average Bonchev–Trinajstić information content (AvgIpc) is 3.28. The lowest BCUT2D eigenvalue weighted by Crippen LogP contribution is -2.15. The molecule has 0 saturated heterocycles. The Hall–Kier alpha value is -3.55. The van der Waals surface area contributed by atoms with Gasteiger partial charge >= 0.3 is 0 Å². The van der Waals surface area contributed by atoms with Gasteiger partial charge in [0.15, 0.2) is 0 Å². The molecule has 32 heavy (non-hydrogen) atoms. The van der Waals surface area contributed by atoms with E-state index in [1.165, 1.54) is 25.6 Å². The standard InChI is InChI=1S/C24H22F2N4O2/c1-31-17-12-18(25)20(19(26)13-17)21-22(15-8-4-2-5-9-15)30-24(27-14-28-30)29-23(21)32-16-10-6-3-7-11-16/h3,6-7,10-15H,2,4-5,8-9H2,1H3. The van der Waals surface area contributed by atoms with Crippen LogP contribution in [0.25, 0.3) is 16.9 Å². The number of benzene rings is 2. The van der Waals surface area contributed by atoms with Gasteiger partial charge in [-0.05, 0) is 25.0 Å². The van der Waals surface area contributed by atoms with E-state index in [-0.39, 0.29) is 28.7 Å². The highest BCUT2D eigenvalue weighted by Crippen LogP contribution is 2.45. The zero-order chi connectivity index (χ0) is 22.1. The van der Waals surface area contributed by atoms with E-state index in [1.807, 2.05) is 18.2 Å². The molecule has 164 valence electrons. The van der Waals surface area contributed by atoms with Crippen molar-refractivity contribution in [1.29, 1.82) is 0 Å². The summed E-state index contributed by atoms with van der Waals surface area (Å²) in [4.78, 5) is 8.73. The molecule has 0 N–H and O–H groups in total. The predicted octanol–water partition coefficient (Wildman–Crippen LogP) is 5.92. The van der Waals surface area contributed by atoms with Crippen molar-refractivity contribution in [3.63, 3.8) is 0 Å². The normalized spacial score (nSPS) is 14.6. The Morgan fingerprint density at radius 2 is 1.66 bits per heavy atom. The van der Waals surface area contributed by atoms with Gasteiger partial charge in [0.05, 0.1) is 23.9 Å². The fraction of sp³-hybridized carbons (Fsp3) is 0.292. The van der Waals surface area contributed by atoms with Gasteiger partial charge in [-0.2, -0.15) is 15.1 Å². The minimum absolute atomic E-state index is 0.0463. The maximum atomic E-state index is 15.3. The number of fused-ring (bicyclic) bond motifs is 1. The zero-order valence-corrected chi connectivity index (χ0v) is 17.6. The van der Waals surface area contributed by atoms with Gasteiger partial charge in [-0.3, -0.25) is 0 Å². The van der Waals surface area contributed by atoms with Gasteiger partial charge in [-0.15, -0.1) is 0 Å². The monoisotopic (exact) mass is 436 g/mol. The Morgan fingerprint density at radius 3 is 2.34 bits per heavy atom. The van der Waals surface area contributed by atoms with E-state index < -0.39 is 11.6 Å². The van der Waals surface area contributed by atoms with Crippen LogP contribution in [0.5, 0.6) is 17.4 Å². The molecule has 4 aromatic rings. The highest BCUT2D eigenvalue weighted by atomic mass is 19.1. The summed E-state index contributed by atoms with van der Waals surface area (Å²) >= 11 is 0. The van der Waals surface area contributed by atoms with Gasteiger partial charge in [0.2, 0.25) is 5.88 Å². The van der Waals surface area contributed by atoms with Gasteiger partial charge in [0.1, 0.15) is 29.5 Å². The molecule has 2 aromatic heterocycles. The lowest BCUT2D eigenvalue weighted by Gasteiger charge is -2.26. The van der Waals surface area contributed by atoms with Crippen molar-refractivity contribution in [2.24, 2.45) is 0 Å². The molecule has 0 amide bonds. The van der Waals surface area contributed by atoms with E-state index in [2.05, 4.69) is 15.1 Å². The molecule has 0 bridgehead atoms. The molecule has 1 fully saturated rings. The van der Waals surface area contributed by atoms with Gasteiger partial charge in [0.25, 0.3) is 5.78 Å². The summed E-state index contributed by atoms with van der Waals surface area (Å²) < 4.78 is 43.4. The maximum Gasteiger partial charge on any atom is 0.255 e. The SMILES string of the molecule is COc1cc(F)c(-c2c(Oc3ccccc3)nc3ncnn3c2C2CCCCC2)c(F)c1. The van der Waals surface area contributed by atoms with Crippen LogP contribution in [-0.4, -0.2) is 26.7 Å². The molecule has 6 nitrogen and oxygen atoms in total. The molecule has 0 aliphatic heterocycles. The first-order chi connectivity index (χ1) is 15.7. The molecule has 0 unspecified atom stereocenters. The third-order valence-corrected chi connectivity index (χ3v) is 5.88. The van der Waals surface area contributed by atoms with E-state index in [4.69, 9.17) is 9.47 Å². The maximum absolute atomic E-state index is 15.3. The molecule has 1 aliphatic rings. The molecule has 2 aromatic carbocycles. The molecule has 1 saturated carbocycles. The van der Waals surface area contributed by atoms with E-state index in [9.17, 15) is 0 Å². The van der Waals surface area contributed by atoms with Crippen molar-refractivity contribution >= 4 is 5.78 Å². The Kier molecular flexibility index (Phi) is 5.43. The minimum atomic E-state index is -0.752. The Morgan fingerprint density at radius 1 is 0.938 bits per heavy atom. The molecule has 0 radical (unpaired) electrons. The van der Waals surface area contributed by atoms with E-state index >= 15 is 8.78 Å². The molecule has 5 rings (SSSR count). The molecule has 0 atom stereocenters. The Balaban J connectivity index is 1.81. The molecule has 8 heteroatoms. The number of hydrogen-bond acceptors (Lipinski definition) is 5. The third-order valence-electron chi connectivity index (χ3n) is 5.88. The molecular formula is C24H22F2N4O2. The van der Waals surface area contributed by atoms with Crippen molar-refractivity contribution in [2.75, 3.05) is 7.11 Å².